The van der Waals surface area contributed by atoms with Crippen LogP contribution in [-0.4, -0.2) is 30.3 Å². The third kappa shape index (κ3) is 4.99. The predicted octanol–water partition coefficient (Wildman–Crippen LogP) is 5.27. The molecule has 0 aliphatic heterocycles. The van der Waals surface area contributed by atoms with Gasteiger partial charge in [-0.1, -0.05) is 17.7 Å². The highest BCUT2D eigenvalue weighted by molar-refractivity contribution is 6.16. The molecule has 3 aromatic carbocycles. The van der Waals surface area contributed by atoms with Crippen molar-refractivity contribution in [1.29, 1.82) is 0 Å². The summed E-state index contributed by atoms with van der Waals surface area (Å²) in [6.45, 7) is 1.97. The number of carbonyl (C=O) groups is 3. The van der Waals surface area contributed by atoms with E-state index in [0.717, 1.165) is 5.56 Å². The van der Waals surface area contributed by atoms with Crippen LogP contribution in [0.25, 0.3) is 10.9 Å². The van der Waals surface area contributed by atoms with Crippen LogP contribution in [-0.2, 0) is 14.4 Å². The predicted molar refractivity (Wildman–Crippen MR) is 145 cm³/mol. The van der Waals surface area contributed by atoms with Crippen LogP contribution in [0.2, 0.25) is 0 Å². The van der Waals surface area contributed by atoms with Crippen molar-refractivity contribution in [2.24, 2.45) is 5.41 Å². The number of methoxy groups -OCH3 is 1. The standard InChI is InChI=1S/C29H26N4O5/c1-18-3-5-19(6-4-18)32-27(35)29(12-13-29)28(36)33-20-7-9-21(10-8-20)38-25-11-14-30-23-16-26(37-2)24(31-17-34)15-22(23)25/h3-11,14-17H,12-13H2,1-2H3,(H,31,34)(H,32,35)(H,33,36). The topological polar surface area (TPSA) is 119 Å². The van der Waals surface area contributed by atoms with E-state index in [1.807, 2.05) is 31.2 Å². The minimum Gasteiger partial charge on any atom is -0.494 e. The van der Waals surface area contributed by atoms with Crippen molar-refractivity contribution in [3.05, 3.63) is 78.5 Å². The Morgan fingerprint density at radius 3 is 2.11 bits per heavy atom. The Balaban J connectivity index is 1.28. The summed E-state index contributed by atoms with van der Waals surface area (Å²) < 4.78 is 11.4. The van der Waals surface area contributed by atoms with Gasteiger partial charge < -0.3 is 25.4 Å². The lowest BCUT2D eigenvalue weighted by atomic mass is 10.0. The second-order valence-electron chi connectivity index (χ2n) is 9.12. The molecule has 5 rings (SSSR count). The molecule has 0 radical (unpaired) electrons. The van der Waals surface area contributed by atoms with Crippen LogP contribution in [0.3, 0.4) is 0 Å². The first-order valence-electron chi connectivity index (χ1n) is 12.1. The zero-order chi connectivity index (χ0) is 26.7. The molecule has 1 saturated carbocycles. The number of aromatic nitrogens is 1. The fourth-order valence-corrected chi connectivity index (χ4v) is 4.14. The number of hydrogen-bond donors (Lipinski definition) is 3. The molecule has 4 aromatic rings. The molecule has 0 spiro atoms. The minimum atomic E-state index is -1.07. The second-order valence-corrected chi connectivity index (χ2v) is 9.12. The fourth-order valence-electron chi connectivity index (χ4n) is 4.14. The molecule has 9 heteroatoms. The Morgan fingerprint density at radius 1 is 0.895 bits per heavy atom. The van der Waals surface area contributed by atoms with Crippen LogP contribution in [0.1, 0.15) is 18.4 Å². The Bertz CT molecular complexity index is 1510. The maximum atomic E-state index is 13.0. The number of rotatable bonds is 9. The number of nitrogens with one attached hydrogen (secondary N) is 3. The SMILES string of the molecule is COc1cc2nccc(Oc3ccc(NC(=O)C4(C(=O)Nc5ccc(C)cc5)CC4)cc3)c2cc1NC=O. The van der Waals surface area contributed by atoms with Gasteiger partial charge in [-0.2, -0.15) is 0 Å². The van der Waals surface area contributed by atoms with E-state index in [2.05, 4.69) is 20.9 Å². The highest BCUT2D eigenvalue weighted by Gasteiger charge is 2.56. The number of fused-ring (bicyclic) bond motifs is 1. The van der Waals surface area contributed by atoms with E-state index in [1.54, 1.807) is 48.7 Å². The molecule has 1 heterocycles. The van der Waals surface area contributed by atoms with E-state index in [1.165, 1.54) is 7.11 Å². The van der Waals surface area contributed by atoms with Crippen molar-refractivity contribution >= 4 is 46.2 Å². The summed E-state index contributed by atoms with van der Waals surface area (Å²) in [6, 6.07) is 19.5. The van der Waals surface area contributed by atoms with E-state index in [4.69, 9.17) is 9.47 Å². The van der Waals surface area contributed by atoms with Gasteiger partial charge in [0.1, 0.15) is 22.7 Å². The summed E-state index contributed by atoms with van der Waals surface area (Å²) in [4.78, 5) is 41.2. The van der Waals surface area contributed by atoms with E-state index in [-0.39, 0.29) is 11.8 Å². The van der Waals surface area contributed by atoms with Gasteiger partial charge >= 0.3 is 0 Å². The van der Waals surface area contributed by atoms with E-state index in [0.29, 0.717) is 64.5 Å². The maximum Gasteiger partial charge on any atom is 0.240 e. The van der Waals surface area contributed by atoms with E-state index in [9.17, 15) is 14.4 Å². The number of pyridine rings is 1. The Kier molecular flexibility index (Phi) is 6.66. The van der Waals surface area contributed by atoms with Crippen LogP contribution in [0, 0.1) is 12.3 Å². The molecule has 0 unspecified atom stereocenters. The monoisotopic (exact) mass is 510 g/mol. The van der Waals surface area contributed by atoms with Gasteiger partial charge in [0, 0.05) is 29.0 Å². The summed E-state index contributed by atoms with van der Waals surface area (Å²) in [6.07, 6.45) is 3.19. The molecule has 0 saturated heterocycles. The third-order valence-corrected chi connectivity index (χ3v) is 6.51. The molecule has 1 aliphatic carbocycles. The smallest absolute Gasteiger partial charge is 0.240 e. The Labute approximate surface area is 219 Å². The van der Waals surface area contributed by atoms with E-state index >= 15 is 0 Å². The van der Waals surface area contributed by atoms with Gasteiger partial charge in [-0.15, -0.1) is 0 Å². The molecule has 3 amide bonds. The highest BCUT2D eigenvalue weighted by Crippen LogP contribution is 2.47. The molecule has 3 N–H and O–H groups in total. The van der Waals surface area contributed by atoms with Crippen LogP contribution in [0.4, 0.5) is 17.1 Å². The van der Waals surface area contributed by atoms with Crippen molar-refractivity contribution in [3.8, 4) is 17.2 Å². The molecule has 1 fully saturated rings. The van der Waals surface area contributed by atoms with Crippen LogP contribution in [0.15, 0.2) is 72.9 Å². The van der Waals surface area contributed by atoms with Crippen LogP contribution >= 0.6 is 0 Å². The third-order valence-electron chi connectivity index (χ3n) is 6.51. The summed E-state index contributed by atoms with van der Waals surface area (Å²) in [5.74, 6) is 0.918. The molecule has 9 nitrogen and oxygen atoms in total. The Morgan fingerprint density at radius 2 is 1.53 bits per heavy atom. The van der Waals surface area contributed by atoms with Gasteiger partial charge in [0.2, 0.25) is 18.2 Å². The van der Waals surface area contributed by atoms with E-state index < -0.39 is 5.41 Å². The number of ether oxygens (including phenoxy) is 2. The lowest BCUT2D eigenvalue weighted by molar-refractivity contribution is -0.131. The normalized spacial score (nSPS) is 13.3. The summed E-state index contributed by atoms with van der Waals surface area (Å²) in [7, 11) is 1.51. The number of anilines is 3. The lowest BCUT2D eigenvalue weighted by Gasteiger charge is -2.16. The largest absolute Gasteiger partial charge is 0.494 e. The van der Waals surface area contributed by atoms with Crippen molar-refractivity contribution in [2.45, 2.75) is 19.8 Å². The number of aryl methyl sites for hydroxylation is 1. The van der Waals surface area contributed by atoms with Crippen molar-refractivity contribution in [3.63, 3.8) is 0 Å². The molecule has 192 valence electrons. The quantitative estimate of drug-likeness (QED) is 0.209. The summed E-state index contributed by atoms with van der Waals surface area (Å²) in [5, 5.41) is 9.01. The van der Waals surface area contributed by atoms with Gasteiger partial charge in [-0.25, -0.2) is 0 Å². The molecule has 0 bridgehead atoms. The zero-order valence-corrected chi connectivity index (χ0v) is 20.9. The molecular weight excluding hydrogens is 484 g/mol. The molecule has 1 aromatic heterocycles. The Hall–Kier alpha value is -4.92. The maximum absolute atomic E-state index is 13.0. The molecule has 1 aliphatic rings. The first-order chi connectivity index (χ1) is 18.4. The zero-order valence-electron chi connectivity index (χ0n) is 20.9. The fraction of sp³-hybridized carbons (Fsp3) is 0.172. The first-order valence-corrected chi connectivity index (χ1v) is 12.1. The van der Waals surface area contributed by atoms with Crippen LogP contribution in [0.5, 0.6) is 17.2 Å². The number of amides is 3. The average Bonchev–Trinajstić information content (AvgIpc) is 3.74. The first kappa shape index (κ1) is 24.8. The van der Waals surface area contributed by atoms with Gasteiger partial charge in [0.15, 0.2) is 0 Å². The second kappa shape index (κ2) is 10.2. The van der Waals surface area contributed by atoms with Gasteiger partial charge in [0.05, 0.1) is 18.3 Å². The number of hydrogen-bond acceptors (Lipinski definition) is 6. The molecular formula is C29H26N4O5. The van der Waals surface area contributed by atoms with Crippen molar-refractivity contribution in [1.82, 2.24) is 4.98 Å². The van der Waals surface area contributed by atoms with Gasteiger partial charge in [-0.05, 0) is 68.3 Å². The highest BCUT2D eigenvalue weighted by atomic mass is 16.5. The average molecular weight is 511 g/mol. The number of benzene rings is 3. The molecule has 0 atom stereocenters. The van der Waals surface area contributed by atoms with Crippen molar-refractivity contribution < 1.29 is 23.9 Å². The number of carbonyl (C=O) groups excluding carboxylic acids is 3. The molecule has 38 heavy (non-hydrogen) atoms. The minimum absolute atomic E-state index is 0.302. The summed E-state index contributed by atoms with van der Waals surface area (Å²) in [5.41, 5.74) is 2.37. The van der Waals surface area contributed by atoms with Crippen LogP contribution < -0.4 is 25.4 Å². The number of nitrogens with zero attached hydrogens (tertiary/aromatic N) is 1. The van der Waals surface area contributed by atoms with Gasteiger partial charge in [0.25, 0.3) is 0 Å². The van der Waals surface area contributed by atoms with Gasteiger partial charge in [-0.3, -0.25) is 19.4 Å². The summed E-state index contributed by atoms with van der Waals surface area (Å²) >= 11 is 0. The lowest BCUT2D eigenvalue weighted by Crippen LogP contribution is -2.35. The van der Waals surface area contributed by atoms with Crippen molar-refractivity contribution in [2.75, 3.05) is 23.1 Å².